The molecule has 1 unspecified atom stereocenters. The Morgan fingerprint density at radius 1 is 1.35 bits per heavy atom. The zero-order valence-electron chi connectivity index (χ0n) is 13.5. The number of H-pyrrole nitrogens is 1. The number of benzene rings is 1. The van der Waals surface area contributed by atoms with Crippen molar-refractivity contribution in [3.63, 3.8) is 0 Å². The summed E-state index contributed by atoms with van der Waals surface area (Å²) in [6, 6.07) is 10.6. The largest absolute Gasteiger partial charge is 0.358 e. The van der Waals surface area contributed by atoms with Gasteiger partial charge < -0.3 is 15.6 Å². The summed E-state index contributed by atoms with van der Waals surface area (Å²) >= 11 is 2.07. The van der Waals surface area contributed by atoms with Gasteiger partial charge in [-0.15, -0.1) is 24.0 Å². The number of thioether (sulfide) groups is 1. The third-order valence-corrected chi connectivity index (χ3v) is 5.42. The van der Waals surface area contributed by atoms with Crippen molar-refractivity contribution in [1.29, 1.82) is 0 Å². The number of rotatable bonds is 5. The second kappa shape index (κ2) is 9.42. The molecule has 3 N–H and O–H groups in total. The first kappa shape index (κ1) is 18.4. The first-order chi connectivity index (χ1) is 10.8. The highest BCUT2D eigenvalue weighted by atomic mass is 127. The average molecular weight is 444 g/mol. The van der Waals surface area contributed by atoms with Crippen LogP contribution in [0.25, 0.3) is 10.9 Å². The van der Waals surface area contributed by atoms with Crippen molar-refractivity contribution in [3.05, 3.63) is 36.0 Å². The number of aliphatic imine (C=N–C) groups is 1. The molecule has 1 aliphatic heterocycles. The highest BCUT2D eigenvalue weighted by molar-refractivity contribution is 14.0. The first-order valence-electron chi connectivity index (χ1n) is 7.98. The lowest BCUT2D eigenvalue weighted by Gasteiger charge is -2.14. The van der Waals surface area contributed by atoms with E-state index in [9.17, 15) is 0 Å². The highest BCUT2D eigenvalue weighted by Crippen LogP contribution is 2.25. The van der Waals surface area contributed by atoms with Crippen molar-refractivity contribution in [3.8, 4) is 0 Å². The van der Waals surface area contributed by atoms with Crippen LogP contribution in [0.5, 0.6) is 0 Å². The molecule has 2 heterocycles. The third kappa shape index (κ3) is 5.31. The fourth-order valence-corrected chi connectivity index (χ4v) is 4.02. The van der Waals surface area contributed by atoms with Gasteiger partial charge in [0.05, 0.1) is 0 Å². The first-order valence-corrected chi connectivity index (χ1v) is 9.03. The van der Waals surface area contributed by atoms with Gasteiger partial charge in [0.15, 0.2) is 5.96 Å². The summed E-state index contributed by atoms with van der Waals surface area (Å²) in [6.45, 7) is 1.89. The summed E-state index contributed by atoms with van der Waals surface area (Å²) in [4.78, 5) is 7.76. The Balaban J connectivity index is 0.00000192. The molecule has 1 fully saturated rings. The molecule has 0 saturated carbocycles. The molecular formula is C17H25IN4S. The Bertz CT molecular complexity index is 601. The van der Waals surface area contributed by atoms with E-state index in [0.717, 1.165) is 30.7 Å². The number of nitrogens with zero attached hydrogens (tertiary/aromatic N) is 1. The van der Waals surface area contributed by atoms with Crippen LogP contribution in [-0.4, -0.2) is 42.1 Å². The van der Waals surface area contributed by atoms with Crippen LogP contribution in [0, 0.1) is 0 Å². The second-order valence-corrected chi connectivity index (χ2v) is 7.05. The van der Waals surface area contributed by atoms with E-state index in [1.54, 1.807) is 0 Å². The lowest BCUT2D eigenvalue weighted by atomic mass is 10.2. The molecule has 0 amide bonds. The van der Waals surface area contributed by atoms with Gasteiger partial charge in [0.2, 0.25) is 0 Å². The third-order valence-electron chi connectivity index (χ3n) is 4.02. The molecule has 0 spiro atoms. The van der Waals surface area contributed by atoms with E-state index in [-0.39, 0.29) is 24.0 Å². The summed E-state index contributed by atoms with van der Waals surface area (Å²) in [5, 5.41) is 8.85. The lowest BCUT2D eigenvalue weighted by Crippen LogP contribution is -2.40. The fraction of sp³-hybridized carbons (Fsp3) is 0.471. The maximum absolute atomic E-state index is 4.30. The highest BCUT2D eigenvalue weighted by Gasteiger charge is 2.15. The minimum absolute atomic E-state index is 0. The molecule has 6 heteroatoms. The Morgan fingerprint density at radius 2 is 2.22 bits per heavy atom. The van der Waals surface area contributed by atoms with Gasteiger partial charge in [0.1, 0.15) is 0 Å². The SMILES string of the molecule is CN=C(NCCc1cc2ccccc2[nH]1)NCC1CCCS1.I. The average Bonchev–Trinajstić information content (AvgIpc) is 3.19. The van der Waals surface area contributed by atoms with Gasteiger partial charge >= 0.3 is 0 Å². The molecule has 0 bridgehead atoms. The van der Waals surface area contributed by atoms with E-state index in [2.05, 4.69) is 62.7 Å². The maximum atomic E-state index is 4.30. The van der Waals surface area contributed by atoms with Gasteiger partial charge in [-0.1, -0.05) is 18.2 Å². The zero-order valence-corrected chi connectivity index (χ0v) is 16.6. The number of fused-ring (bicyclic) bond motifs is 1. The van der Waals surface area contributed by atoms with E-state index >= 15 is 0 Å². The molecular weight excluding hydrogens is 419 g/mol. The van der Waals surface area contributed by atoms with E-state index in [1.807, 2.05) is 7.05 Å². The number of aromatic nitrogens is 1. The molecule has 3 rings (SSSR count). The van der Waals surface area contributed by atoms with Gasteiger partial charge in [-0.2, -0.15) is 11.8 Å². The standard InChI is InChI=1S/C17H24N4S.HI/c1-18-17(20-12-15-6-4-10-22-15)19-9-8-14-11-13-5-2-3-7-16(13)21-14;/h2-3,5,7,11,15,21H,4,6,8-10,12H2,1H3,(H2,18,19,20);1H. The normalized spacial score (nSPS) is 18.0. The van der Waals surface area contributed by atoms with E-state index < -0.39 is 0 Å². The van der Waals surface area contributed by atoms with Gasteiger partial charge in [-0.05, 0) is 36.1 Å². The van der Waals surface area contributed by atoms with Gasteiger partial charge in [-0.3, -0.25) is 4.99 Å². The van der Waals surface area contributed by atoms with Crippen molar-refractivity contribution in [1.82, 2.24) is 15.6 Å². The van der Waals surface area contributed by atoms with E-state index in [1.165, 1.54) is 35.2 Å². The second-order valence-electron chi connectivity index (χ2n) is 5.65. The molecule has 0 aliphatic carbocycles. The fourth-order valence-electron chi connectivity index (χ4n) is 2.82. The number of nitrogens with one attached hydrogen (secondary N) is 3. The Labute approximate surface area is 159 Å². The summed E-state index contributed by atoms with van der Waals surface area (Å²) in [5.74, 6) is 2.21. The molecule has 4 nitrogen and oxygen atoms in total. The van der Waals surface area contributed by atoms with Crippen molar-refractivity contribution >= 4 is 52.6 Å². The van der Waals surface area contributed by atoms with Crippen LogP contribution in [0.3, 0.4) is 0 Å². The van der Waals surface area contributed by atoms with E-state index in [0.29, 0.717) is 0 Å². The van der Waals surface area contributed by atoms with Crippen LogP contribution in [0.2, 0.25) is 0 Å². The maximum Gasteiger partial charge on any atom is 0.191 e. The predicted octanol–water partition coefficient (Wildman–Crippen LogP) is 3.39. The number of halogens is 1. The van der Waals surface area contributed by atoms with Gasteiger partial charge in [0, 0.05) is 43.0 Å². The van der Waals surface area contributed by atoms with Crippen LogP contribution in [0.1, 0.15) is 18.5 Å². The molecule has 23 heavy (non-hydrogen) atoms. The smallest absolute Gasteiger partial charge is 0.191 e. The summed E-state index contributed by atoms with van der Waals surface area (Å²) in [6.07, 6.45) is 3.64. The molecule has 1 aromatic heterocycles. The number of hydrogen-bond donors (Lipinski definition) is 3. The molecule has 126 valence electrons. The minimum Gasteiger partial charge on any atom is -0.358 e. The molecule has 1 aromatic carbocycles. The number of aromatic amines is 1. The number of guanidine groups is 1. The topological polar surface area (TPSA) is 52.2 Å². The van der Waals surface area contributed by atoms with Crippen LogP contribution in [-0.2, 0) is 6.42 Å². The van der Waals surface area contributed by atoms with Crippen LogP contribution >= 0.6 is 35.7 Å². The lowest BCUT2D eigenvalue weighted by molar-refractivity contribution is 0.723. The van der Waals surface area contributed by atoms with Crippen molar-refractivity contribution in [2.75, 3.05) is 25.9 Å². The van der Waals surface area contributed by atoms with Gasteiger partial charge in [-0.25, -0.2) is 0 Å². The van der Waals surface area contributed by atoms with Crippen LogP contribution < -0.4 is 10.6 Å². The van der Waals surface area contributed by atoms with Crippen molar-refractivity contribution in [2.45, 2.75) is 24.5 Å². The molecule has 1 aliphatic rings. The molecule has 2 aromatic rings. The van der Waals surface area contributed by atoms with Crippen molar-refractivity contribution in [2.24, 2.45) is 4.99 Å². The Hall–Kier alpha value is -0.890. The summed E-state index contributed by atoms with van der Waals surface area (Å²) < 4.78 is 0. The Kier molecular flexibility index (Phi) is 7.55. The van der Waals surface area contributed by atoms with Gasteiger partial charge in [0.25, 0.3) is 0 Å². The predicted molar refractivity (Wildman–Crippen MR) is 112 cm³/mol. The quantitative estimate of drug-likeness (QED) is 0.377. The Morgan fingerprint density at radius 3 is 2.96 bits per heavy atom. The zero-order chi connectivity index (χ0) is 15.2. The van der Waals surface area contributed by atoms with Crippen LogP contribution in [0.15, 0.2) is 35.3 Å². The minimum atomic E-state index is 0. The molecule has 0 radical (unpaired) electrons. The molecule has 1 saturated heterocycles. The summed E-state index contributed by atoms with van der Waals surface area (Å²) in [5.41, 5.74) is 2.47. The van der Waals surface area contributed by atoms with Crippen LogP contribution in [0.4, 0.5) is 0 Å². The number of para-hydroxylation sites is 1. The summed E-state index contributed by atoms with van der Waals surface area (Å²) in [7, 11) is 1.83. The van der Waals surface area contributed by atoms with E-state index in [4.69, 9.17) is 0 Å². The van der Waals surface area contributed by atoms with Crippen molar-refractivity contribution < 1.29 is 0 Å². The monoisotopic (exact) mass is 444 g/mol. The number of hydrogen-bond acceptors (Lipinski definition) is 2. The molecule has 1 atom stereocenters.